The lowest BCUT2D eigenvalue weighted by Gasteiger charge is -2.22. The van der Waals surface area contributed by atoms with Crippen molar-refractivity contribution in [2.45, 2.75) is 20.3 Å². The van der Waals surface area contributed by atoms with Crippen LogP contribution in [0.5, 0.6) is 5.75 Å². The number of carbonyl (C=O) groups excluding carboxylic acids is 2. The van der Waals surface area contributed by atoms with E-state index < -0.39 is 0 Å². The van der Waals surface area contributed by atoms with Gasteiger partial charge in [0.1, 0.15) is 5.75 Å². The largest absolute Gasteiger partial charge is 0.484 e. The molecule has 1 fully saturated rings. The molecule has 0 spiro atoms. The topological polar surface area (TPSA) is 49.9 Å². The molecule has 142 valence electrons. The molecule has 2 amide bonds. The number of nitrogens with zero attached hydrogens (tertiary/aromatic N) is 2. The number of para-hydroxylation sites is 1. The molecule has 0 unspecified atom stereocenters. The van der Waals surface area contributed by atoms with Crippen LogP contribution in [0.15, 0.2) is 48.5 Å². The Bertz CT molecular complexity index is 801. The van der Waals surface area contributed by atoms with E-state index in [2.05, 4.69) is 0 Å². The van der Waals surface area contributed by atoms with Crippen molar-refractivity contribution >= 4 is 11.8 Å². The molecule has 5 nitrogen and oxygen atoms in total. The van der Waals surface area contributed by atoms with Crippen LogP contribution in [0.1, 0.15) is 27.9 Å². The van der Waals surface area contributed by atoms with Crippen molar-refractivity contribution in [1.29, 1.82) is 0 Å². The summed E-state index contributed by atoms with van der Waals surface area (Å²) in [5.41, 5.74) is 2.84. The lowest BCUT2D eigenvalue weighted by Crippen LogP contribution is -2.39. The van der Waals surface area contributed by atoms with E-state index >= 15 is 0 Å². The molecule has 27 heavy (non-hydrogen) atoms. The minimum absolute atomic E-state index is 0.0246. The lowest BCUT2D eigenvalue weighted by molar-refractivity contribution is -0.133. The van der Waals surface area contributed by atoms with E-state index in [0.29, 0.717) is 31.7 Å². The van der Waals surface area contributed by atoms with Crippen LogP contribution >= 0.6 is 0 Å². The summed E-state index contributed by atoms with van der Waals surface area (Å²) in [4.78, 5) is 28.8. The molecular formula is C22H26N2O3. The first-order valence-electron chi connectivity index (χ1n) is 9.37. The maximum atomic E-state index is 12.7. The van der Waals surface area contributed by atoms with Gasteiger partial charge in [-0.1, -0.05) is 35.9 Å². The fourth-order valence-corrected chi connectivity index (χ4v) is 3.20. The number of rotatable bonds is 4. The van der Waals surface area contributed by atoms with E-state index in [1.54, 1.807) is 4.90 Å². The smallest absolute Gasteiger partial charge is 0.260 e. The second-order valence-electron chi connectivity index (χ2n) is 6.95. The van der Waals surface area contributed by atoms with Gasteiger partial charge in [-0.3, -0.25) is 9.59 Å². The molecule has 0 atom stereocenters. The maximum Gasteiger partial charge on any atom is 0.260 e. The Kier molecular flexibility index (Phi) is 6.12. The molecule has 1 aliphatic heterocycles. The lowest BCUT2D eigenvalue weighted by atomic mass is 10.1. The number of aryl methyl sites for hydroxylation is 2. The van der Waals surface area contributed by atoms with Crippen LogP contribution in [0.3, 0.4) is 0 Å². The summed E-state index contributed by atoms with van der Waals surface area (Å²) in [6.07, 6.45) is 0.772. The number of carbonyl (C=O) groups is 2. The normalized spacial score (nSPS) is 14.6. The summed E-state index contributed by atoms with van der Waals surface area (Å²) in [6, 6.07) is 15.3. The quantitative estimate of drug-likeness (QED) is 0.836. The number of hydrogen-bond acceptors (Lipinski definition) is 3. The molecule has 0 bridgehead atoms. The summed E-state index contributed by atoms with van der Waals surface area (Å²) in [5, 5.41) is 0. The van der Waals surface area contributed by atoms with Crippen molar-refractivity contribution in [2.75, 3.05) is 32.8 Å². The molecule has 0 saturated carbocycles. The standard InChI is InChI=1S/C22H26N2O3/c1-17-8-10-19(11-9-17)22(26)24-13-5-12-23(14-15-24)21(25)16-27-20-7-4-3-6-18(20)2/h3-4,6-11H,5,12-16H2,1-2H3. The number of benzene rings is 2. The summed E-state index contributed by atoms with van der Waals surface area (Å²) < 4.78 is 5.68. The fourth-order valence-electron chi connectivity index (χ4n) is 3.20. The third kappa shape index (κ3) is 4.88. The first-order chi connectivity index (χ1) is 13.0. The van der Waals surface area contributed by atoms with E-state index in [9.17, 15) is 9.59 Å². The van der Waals surface area contributed by atoms with E-state index in [0.717, 1.165) is 23.3 Å². The molecule has 0 aliphatic carbocycles. The molecule has 2 aromatic rings. The molecule has 2 aromatic carbocycles. The molecule has 3 rings (SSSR count). The molecule has 1 aliphatic rings. The number of hydrogen-bond donors (Lipinski definition) is 0. The second kappa shape index (κ2) is 8.71. The molecule has 1 heterocycles. The Labute approximate surface area is 160 Å². The zero-order valence-corrected chi connectivity index (χ0v) is 16.0. The Morgan fingerprint density at radius 1 is 0.889 bits per heavy atom. The van der Waals surface area contributed by atoms with Gasteiger partial charge in [-0.25, -0.2) is 0 Å². The van der Waals surface area contributed by atoms with Crippen molar-refractivity contribution in [1.82, 2.24) is 9.80 Å². The van der Waals surface area contributed by atoms with Crippen molar-refractivity contribution in [2.24, 2.45) is 0 Å². The fraction of sp³-hybridized carbons (Fsp3) is 0.364. The van der Waals surface area contributed by atoms with Gasteiger partial charge in [-0.2, -0.15) is 0 Å². The SMILES string of the molecule is Cc1ccc(C(=O)N2CCCN(C(=O)COc3ccccc3C)CC2)cc1. The molecule has 0 N–H and O–H groups in total. The van der Waals surface area contributed by atoms with Crippen LogP contribution in [0.4, 0.5) is 0 Å². The highest BCUT2D eigenvalue weighted by Crippen LogP contribution is 2.16. The Morgan fingerprint density at radius 3 is 2.30 bits per heavy atom. The van der Waals surface area contributed by atoms with Gasteiger partial charge >= 0.3 is 0 Å². The average Bonchev–Trinajstić information content (AvgIpc) is 2.93. The first kappa shape index (κ1) is 19.0. The molecule has 1 saturated heterocycles. The van der Waals surface area contributed by atoms with E-state index in [4.69, 9.17) is 4.74 Å². The Balaban J connectivity index is 1.54. The van der Waals surface area contributed by atoms with E-state index in [-0.39, 0.29) is 18.4 Å². The highest BCUT2D eigenvalue weighted by atomic mass is 16.5. The molecule has 0 aromatic heterocycles. The van der Waals surface area contributed by atoms with Gasteiger partial charge in [0.05, 0.1) is 0 Å². The third-order valence-electron chi connectivity index (χ3n) is 4.88. The zero-order valence-electron chi connectivity index (χ0n) is 16.0. The van der Waals surface area contributed by atoms with Crippen molar-refractivity contribution in [3.05, 3.63) is 65.2 Å². The average molecular weight is 366 g/mol. The van der Waals surface area contributed by atoms with Crippen LogP contribution < -0.4 is 4.74 Å². The van der Waals surface area contributed by atoms with Crippen LogP contribution in [0.2, 0.25) is 0 Å². The van der Waals surface area contributed by atoms with E-state index in [1.807, 2.05) is 67.3 Å². The van der Waals surface area contributed by atoms with E-state index in [1.165, 1.54) is 0 Å². The van der Waals surface area contributed by atoms with Crippen LogP contribution in [-0.4, -0.2) is 54.4 Å². The van der Waals surface area contributed by atoms with Crippen molar-refractivity contribution < 1.29 is 14.3 Å². The minimum Gasteiger partial charge on any atom is -0.484 e. The maximum absolute atomic E-state index is 12.7. The van der Waals surface area contributed by atoms with Gasteiger partial charge < -0.3 is 14.5 Å². The molecule has 5 heteroatoms. The zero-order chi connectivity index (χ0) is 19.2. The highest BCUT2D eigenvalue weighted by molar-refractivity contribution is 5.94. The van der Waals surface area contributed by atoms with Crippen LogP contribution in [0.25, 0.3) is 0 Å². The monoisotopic (exact) mass is 366 g/mol. The first-order valence-corrected chi connectivity index (χ1v) is 9.37. The molecular weight excluding hydrogens is 340 g/mol. The summed E-state index contributed by atoms with van der Waals surface area (Å²) in [7, 11) is 0. The van der Waals surface area contributed by atoms with Crippen LogP contribution in [0, 0.1) is 13.8 Å². The van der Waals surface area contributed by atoms with Gasteiger partial charge in [0.25, 0.3) is 11.8 Å². The predicted molar refractivity (Wildman–Crippen MR) is 105 cm³/mol. The highest BCUT2D eigenvalue weighted by Gasteiger charge is 2.23. The third-order valence-corrected chi connectivity index (χ3v) is 4.88. The minimum atomic E-state index is -0.0390. The van der Waals surface area contributed by atoms with Gasteiger partial charge in [0, 0.05) is 31.7 Å². The van der Waals surface area contributed by atoms with Gasteiger partial charge in [-0.15, -0.1) is 0 Å². The summed E-state index contributed by atoms with van der Waals surface area (Å²) >= 11 is 0. The van der Waals surface area contributed by atoms with Gasteiger partial charge in [0.15, 0.2) is 6.61 Å². The van der Waals surface area contributed by atoms with Crippen molar-refractivity contribution in [3.63, 3.8) is 0 Å². The van der Waals surface area contributed by atoms with Crippen LogP contribution in [-0.2, 0) is 4.79 Å². The van der Waals surface area contributed by atoms with Gasteiger partial charge in [0.2, 0.25) is 0 Å². The number of ether oxygens (including phenoxy) is 1. The van der Waals surface area contributed by atoms with Gasteiger partial charge in [-0.05, 0) is 44.0 Å². The summed E-state index contributed by atoms with van der Waals surface area (Å²) in [5.74, 6) is 0.722. The van der Waals surface area contributed by atoms with Crippen molar-refractivity contribution in [3.8, 4) is 5.75 Å². The predicted octanol–water partition coefficient (Wildman–Crippen LogP) is 3.06. The molecule has 0 radical (unpaired) electrons. The second-order valence-corrected chi connectivity index (χ2v) is 6.95. The summed E-state index contributed by atoms with van der Waals surface area (Å²) in [6.45, 7) is 6.37. The Morgan fingerprint density at radius 2 is 1.56 bits per heavy atom. The number of amides is 2. The Hall–Kier alpha value is -2.82.